The van der Waals surface area contributed by atoms with E-state index in [1.165, 1.54) is 12.8 Å². The standard InChI is InChI=1S/C14H18N2O2S/c17-9-14(3-5-18-12(14)10-1-2-10)7-11-8-16-4-6-19-13(16)15-11/h4,6,8,10,12,17H,1-3,5,7,9H2. The maximum Gasteiger partial charge on any atom is 0.193 e. The third-order valence-electron chi connectivity index (χ3n) is 4.54. The third kappa shape index (κ3) is 1.91. The van der Waals surface area contributed by atoms with E-state index in [9.17, 15) is 5.11 Å². The van der Waals surface area contributed by atoms with Crippen molar-refractivity contribution in [1.82, 2.24) is 9.38 Å². The average Bonchev–Trinajstić information content (AvgIpc) is 2.83. The van der Waals surface area contributed by atoms with Gasteiger partial charge in [0.05, 0.1) is 18.4 Å². The maximum atomic E-state index is 9.94. The Kier molecular flexibility index (Phi) is 2.69. The Bertz CT molecular complexity index is 561. The van der Waals surface area contributed by atoms with E-state index < -0.39 is 0 Å². The van der Waals surface area contributed by atoms with Crippen molar-refractivity contribution < 1.29 is 9.84 Å². The molecule has 5 heteroatoms. The smallest absolute Gasteiger partial charge is 0.193 e. The predicted octanol–water partition coefficient (Wildman–Crippen LogP) is 2.12. The van der Waals surface area contributed by atoms with Crippen LogP contribution < -0.4 is 0 Å². The zero-order valence-corrected chi connectivity index (χ0v) is 11.6. The van der Waals surface area contributed by atoms with E-state index in [0.717, 1.165) is 30.1 Å². The van der Waals surface area contributed by atoms with Gasteiger partial charge in [-0.3, -0.25) is 4.40 Å². The van der Waals surface area contributed by atoms with Crippen LogP contribution in [0.1, 0.15) is 25.0 Å². The SMILES string of the molecule is OCC1(Cc2cn3ccsc3n2)CCOC1C1CC1. The number of aliphatic hydroxyl groups excluding tert-OH is 1. The van der Waals surface area contributed by atoms with Crippen LogP contribution in [0.5, 0.6) is 0 Å². The van der Waals surface area contributed by atoms with Gasteiger partial charge in [-0.25, -0.2) is 4.98 Å². The van der Waals surface area contributed by atoms with Gasteiger partial charge in [0.2, 0.25) is 0 Å². The molecule has 2 aromatic rings. The van der Waals surface area contributed by atoms with Crippen molar-refractivity contribution in [3.05, 3.63) is 23.5 Å². The Morgan fingerprint density at radius 1 is 1.53 bits per heavy atom. The van der Waals surface area contributed by atoms with E-state index in [0.29, 0.717) is 5.92 Å². The fourth-order valence-electron chi connectivity index (χ4n) is 3.38. The van der Waals surface area contributed by atoms with Gasteiger partial charge in [-0.2, -0.15) is 0 Å². The molecular formula is C14H18N2O2S. The molecule has 2 aromatic heterocycles. The lowest BCUT2D eigenvalue weighted by atomic mass is 9.76. The molecule has 4 nitrogen and oxygen atoms in total. The number of hydrogen-bond acceptors (Lipinski definition) is 4. The van der Waals surface area contributed by atoms with Crippen molar-refractivity contribution in [1.29, 1.82) is 0 Å². The highest BCUT2D eigenvalue weighted by molar-refractivity contribution is 7.15. The second-order valence-corrected chi connectivity index (χ2v) is 6.77. The minimum Gasteiger partial charge on any atom is -0.396 e. The molecule has 0 spiro atoms. The summed E-state index contributed by atoms with van der Waals surface area (Å²) in [5.74, 6) is 0.665. The Morgan fingerprint density at radius 2 is 2.42 bits per heavy atom. The first-order chi connectivity index (χ1) is 9.31. The molecule has 1 aliphatic heterocycles. The van der Waals surface area contributed by atoms with Gasteiger partial charge in [-0.05, 0) is 25.2 Å². The van der Waals surface area contributed by atoms with Gasteiger partial charge >= 0.3 is 0 Å². The van der Waals surface area contributed by atoms with Crippen LogP contribution in [0.3, 0.4) is 0 Å². The molecule has 2 fully saturated rings. The van der Waals surface area contributed by atoms with E-state index in [1.807, 2.05) is 11.6 Å². The van der Waals surface area contributed by atoms with Crippen LogP contribution in [-0.2, 0) is 11.2 Å². The van der Waals surface area contributed by atoms with Gasteiger partial charge in [0, 0.05) is 36.2 Å². The van der Waals surface area contributed by atoms with E-state index >= 15 is 0 Å². The first kappa shape index (κ1) is 11.9. The molecule has 1 N–H and O–H groups in total. The van der Waals surface area contributed by atoms with Crippen LogP contribution in [0.4, 0.5) is 0 Å². The number of nitrogens with zero attached hydrogens (tertiary/aromatic N) is 2. The molecule has 1 saturated carbocycles. The van der Waals surface area contributed by atoms with Crippen LogP contribution in [0.2, 0.25) is 0 Å². The summed E-state index contributed by atoms with van der Waals surface area (Å²) < 4.78 is 7.98. The van der Waals surface area contributed by atoms with Crippen LogP contribution in [-0.4, -0.2) is 33.8 Å². The summed E-state index contributed by atoms with van der Waals surface area (Å²) in [4.78, 5) is 5.69. The van der Waals surface area contributed by atoms with Gasteiger partial charge < -0.3 is 9.84 Å². The summed E-state index contributed by atoms with van der Waals surface area (Å²) in [5.41, 5.74) is 0.975. The molecule has 2 atom stereocenters. The normalized spacial score (nSPS) is 31.3. The third-order valence-corrected chi connectivity index (χ3v) is 5.31. The molecule has 102 valence electrons. The number of ether oxygens (including phenoxy) is 1. The van der Waals surface area contributed by atoms with Crippen molar-refractivity contribution >= 4 is 16.3 Å². The fraction of sp³-hybridized carbons (Fsp3) is 0.643. The van der Waals surface area contributed by atoms with Crippen LogP contribution in [0, 0.1) is 11.3 Å². The topological polar surface area (TPSA) is 46.8 Å². The number of aromatic nitrogens is 2. The van der Waals surface area contributed by atoms with E-state index in [-0.39, 0.29) is 18.1 Å². The summed E-state index contributed by atoms with van der Waals surface area (Å²) in [6.07, 6.45) is 8.65. The van der Waals surface area contributed by atoms with E-state index in [4.69, 9.17) is 4.74 Å². The second-order valence-electron chi connectivity index (χ2n) is 5.90. The monoisotopic (exact) mass is 278 g/mol. The van der Waals surface area contributed by atoms with Gasteiger partial charge in [-0.15, -0.1) is 11.3 Å². The molecule has 4 rings (SSSR count). The van der Waals surface area contributed by atoms with Crippen LogP contribution >= 0.6 is 11.3 Å². The molecule has 19 heavy (non-hydrogen) atoms. The molecule has 0 radical (unpaired) electrons. The quantitative estimate of drug-likeness (QED) is 0.932. The number of rotatable bonds is 4. The molecule has 1 aliphatic carbocycles. The number of fused-ring (bicyclic) bond motifs is 1. The van der Waals surface area contributed by atoms with Crippen molar-refractivity contribution in [2.75, 3.05) is 13.2 Å². The van der Waals surface area contributed by atoms with Crippen molar-refractivity contribution in [2.45, 2.75) is 31.8 Å². The maximum absolute atomic E-state index is 9.94. The predicted molar refractivity (Wildman–Crippen MR) is 73.4 cm³/mol. The number of aliphatic hydroxyl groups is 1. The molecule has 0 bridgehead atoms. The Balaban J connectivity index is 1.63. The molecule has 0 aromatic carbocycles. The summed E-state index contributed by atoms with van der Waals surface area (Å²) >= 11 is 1.65. The molecular weight excluding hydrogens is 260 g/mol. The number of thiazole rings is 1. The highest BCUT2D eigenvalue weighted by Gasteiger charge is 2.50. The highest BCUT2D eigenvalue weighted by atomic mass is 32.1. The Hall–Kier alpha value is -0.910. The molecule has 3 heterocycles. The van der Waals surface area contributed by atoms with Gasteiger partial charge in [0.15, 0.2) is 4.96 Å². The molecule has 0 amide bonds. The first-order valence-corrected chi connectivity index (χ1v) is 7.82. The summed E-state index contributed by atoms with van der Waals surface area (Å²) in [7, 11) is 0. The number of imidazole rings is 1. The highest BCUT2D eigenvalue weighted by Crippen LogP contribution is 2.49. The van der Waals surface area contributed by atoms with Crippen molar-refractivity contribution in [3.8, 4) is 0 Å². The van der Waals surface area contributed by atoms with Crippen molar-refractivity contribution in [2.24, 2.45) is 11.3 Å². The largest absolute Gasteiger partial charge is 0.396 e. The lowest BCUT2D eigenvalue weighted by Gasteiger charge is -2.31. The first-order valence-electron chi connectivity index (χ1n) is 6.94. The van der Waals surface area contributed by atoms with Gasteiger partial charge in [-0.1, -0.05) is 0 Å². The zero-order chi connectivity index (χ0) is 12.9. The Morgan fingerprint density at radius 3 is 3.16 bits per heavy atom. The molecule has 2 unspecified atom stereocenters. The van der Waals surface area contributed by atoms with Gasteiger partial charge in [0.1, 0.15) is 0 Å². The Labute approximate surface area is 116 Å². The average molecular weight is 278 g/mol. The van der Waals surface area contributed by atoms with Crippen LogP contribution in [0.15, 0.2) is 17.8 Å². The van der Waals surface area contributed by atoms with E-state index in [1.54, 1.807) is 11.3 Å². The van der Waals surface area contributed by atoms with Crippen molar-refractivity contribution in [3.63, 3.8) is 0 Å². The summed E-state index contributed by atoms with van der Waals surface area (Å²) in [5, 5.41) is 12.0. The van der Waals surface area contributed by atoms with Gasteiger partial charge in [0.25, 0.3) is 0 Å². The lowest BCUT2D eigenvalue weighted by Crippen LogP contribution is -2.38. The fourth-order valence-corrected chi connectivity index (χ4v) is 4.10. The lowest BCUT2D eigenvalue weighted by molar-refractivity contribution is 0.000159. The second kappa shape index (κ2) is 4.30. The van der Waals surface area contributed by atoms with E-state index in [2.05, 4.69) is 15.6 Å². The summed E-state index contributed by atoms with van der Waals surface area (Å²) in [6.45, 7) is 0.989. The molecule has 1 saturated heterocycles. The minimum absolute atomic E-state index is 0.106. The zero-order valence-electron chi connectivity index (χ0n) is 10.8. The minimum atomic E-state index is -0.106. The number of hydrogen-bond donors (Lipinski definition) is 1. The van der Waals surface area contributed by atoms with Crippen LogP contribution in [0.25, 0.3) is 4.96 Å². The summed E-state index contributed by atoms with van der Waals surface area (Å²) in [6, 6.07) is 0. The molecule has 2 aliphatic rings.